The fraction of sp³-hybridized carbons (Fsp3) is 0.357. The molecule has 4 nitrogen and oxygen atoms in total. The van der Waals surface area contributed by atoms with Gasteiger partial charge in [-0.2, -0.15) is 0 Å². The van der Waals surface area contributed by atoms with Crippen molar-refractivity contribution in [3.63, 3.8) is 0 Å². The Hall–Kier alpha value is -1.81. The quantitative estimate of drug-likeness (QED) is 0.723. The molecule has 2 rings (SSSR count). The highest BCUT2D eigenvalue weighted by Crippen LogP contribution is 2.28. The largest absolute Gasteiger partial charge is 0.398 e. The molecule has 4 N–H and O–H groups in total. The van der Waals surface area contributed by atoms with Crippen LogP contribution in [0.3, 0.4) is 0 Å². The van der Waals surface area contributed by atoms with Crippen LogP contribution >= 0.6 is 0 Å². The molecule has 2 aromatic rings. The maximum atomic E-state index is 9.24. The van der Waals surface area contributed by atoms with Gasteiger partial charge in [0.15, 0.2) is 0 Å². The van der Waals surface area contributed by atoms with E-state index in [4.69, 9.17) is 5.73 Å². The van der Waals surface area contributed by atoms with Gasteiger partial charge in [-0.1, -0.05) is 19.1 Å². The summed E-state index contributed by atoms with van der Waals surface area (Å²) in [5.41, 5.74) is 7.93. The van der Waals surface area contributed by atoms with Gasteiger partial charge in [-0.3, -0.25) is 0 Å². The molecule has 18 heavy (non-hydrogen) atoms. The van der Waals surface area contributed by atoms with Crippen LogP contribution in [0.5, 0.6) is 0 Å². The lowest BCUT2D eigenvalue weighted by molar-refractivity contribution is 0.271. The Labute approximate surface area is 107 Å². The van der Waals surface area contributed by atoms with Gasteiger partial charge in [-0.05, 0) is 25.0 Å². The Bertz CT molecular complexity index is 550. The van der Waals surface area contributed by atoms with E-state index in [9.17, 15) is 5.11 Å². The normalized spacial score (nSPS) is 12.6. The van der Waals surface area contributed by atoms with Gasteiger partial charge in [0, 0.05) is 22.7 Å². The lowest BCUT2D eigenvalue weighted by atomic mass is 10.1. The number of hydrogen-bond acceptors (Lipinski definition) is 4. The summed E-state index contributed by atoms with van der Waals surface area (Å²) in [5, 5.41) is 14.5. The Morgan fingerprint density at radius 2 is 2.11 bits per heavy atom. The van der Waals surface area contributed by atoms with Crippen LogP contribution < -0.4 is 11.1 Å². The number of nitrogens with zero attached hydrogens (tertiary/aromatic N) is 1. The molecular weight excluding hydrogens is 226 g/mol. The average molecular weight is 245 g/mol. The van der Waals surface area contributed by atoms with E-state index in [1.54, 1.807) is 6.20 Å². The minimum atomic E-state index is 0.0191. The highest BCUT2D eigenvalue weighted by atomic mass is 16.3. The lowest BCUT2D eigenvalue weighted by Crippen LogP contribution is -2.23. The molecule has 0 aliphatic rings. The molecule has 0 saturated heterocycles. The van der Waals surface area contributed by atoms with Gasteiger partial charge in [0.05, 0.1) is 12.6 Å². The number of benzene rings is 1. The zero-order valence-corrected chi connectivity index (χ0v) is 10.8. The molecule has 1 aromatic heterocycles. The summed E-state index contributed by atoms with van der Waals surface area (Å²) in [6.07, 6.45) is 2.58. The maximum absolute atomic E-state index is 9.24. The number of nitrogen functional groups attached to an aromatic ring is 1. The number of fused-ring (bicyclic) bond motifs is 1. The molecule has 0 amide bonds. The number of hydrogen-bond donors (Lipinski definition) is 3. The maximum Gasteiger partial charge on any atom is 0.134 e. The SMILES string of the molecule is CCC(CO)Nc1nccc2c(N)c(C)ccc12. The summed E-state index contributed by atoms with van der Waals surface area (Å²) in [6.45, 7) is 4.11. The van der Waals surface area contributed by atoms with Crippen LogP contribution in [-0.4, -0.2) is 22.7 Å². The fourth-order valence-corrected chi connectivity index (χ4v) is 1.97. The summed E-state index contributed by atoms with van der Waals surface area (Å²) in [7, 11) is 0. The molecule has 4 heteroatoms. The highest BCUT2D eigenvalue weighted by molar-refractivity contribution is 6.00. The fourth-order valence-electron chi connectivity index (χ4n) is 1.97. The van der Waals surface area contributed by atoms with E-state index in [2.05, 4.69) is 10.3 Å². The molecule has 1 unspecified atom stereocenters. The van der Waals surface area contributed by atoms with Crippen molar-refractivity contribution in [2.75, 3.05) is 17.7 Å². The molecule has 0 aliphatic carbocycles. The van der Waals surface area contributed by atoms with Crippen LogP contribution in [0.15, 0.2) is 24.4 Å². The number of aliphatic hydroxyl groups excluding tert-OH is 1. The van der Waals surface area contributed by atoms with E-state index in [1.165, 1.54) is 0 Å². The molecule has 0 radical (unpaired) electrons. The van der Waals surface area contributed by atoms with Crippen molar-refractivity contribution in [1.82, 2.24) is 4.98 Å². The first-order valence-electron chi connectivity index (χ1n) is 6.18. The number of anilines is 2. The minimum Gasteiger partial charge on any atom is -0.398 e. The van der Waals surface area contributed by atoms with Crippen LogP contribution in [0.4, 0.5) is 11.5 Å². The van der Waals surface area contributed by atoms with E-state index < -0.39 is 0 Å². The third kappa shape index (κ3) is 2.24. The molecule has 1 atom stereocenters. The van der Waals surface area contributed by atoms with Crippen LogP contribution in [0.1, 0.15) is 18.9 Å². The Morgan fingerprint density at radius 1 is 1.33 bits per heavy atom. The van der Waals surface area contributed by atoms with Crippen LogP contribution in [-0.2, 0) is 0 Å². The number of aryl methyl sites for hydroxylation is 1. The number of rotatable bonds is 4. The van der Waals surface area contributed by atoms with Crippen LogP contribution in [0, 0.1) is 6.92 Å². The third-order valence-corrected chi connectivity index (χ3v) is 3.26. The van der Waals surface area contributed by atoms with Crippen LogP contribution in [0.2, 0.25) is 0 Å². The van der Waals surface area contributed by atoms with E-state index in [-0.39, 0.29) is 12.6 Å². The van der Waals surface area contributed by atoms with Crippen molar-refractivity contribution in [2.45, 2.75) is 26.3 Å². The lowest BCUT2D eigenvalue weighted by Gasteiger charge is -2.17. The second kappa shape index (κ2) is 5.23. The Balaban J connectivity index is 2.49. The number of aliphatic hydroxyl groups is 1. The molecule has 96 valence electrons. The second-order valence-corrected chi connectivity index (χ2v) is 4.48. The van der Waals surface area contributed by atoms with Crippen molar-refractivity contribution in [1.29, 1.82) is 0 Å². The van der Waals surface area contributed by atoms with Gasteiger partial charge in [-0.15, -0.1) is 0 Å². The topological polar surface area (TPSA) is 71.2 Å². The second-order valence-electron chi connectivity index (χ2n) is 4.48. The van der Waals surface area contributed by atoms with Crippen LogP contribution in [0.25, 0.3) is 10.8 Å². The summed E-state index contributed by atoms with van der Waals surface area (Å²) >= 11 is 0. The highest BCUT2D eigenvalue weighted by Gasteiger charge is 2.10. The summed E-state index contributed by atoms with van der Waals surface area (Å²) in [5.74, 6) is 0.778. The van der Waals surface area contributed by atoms with Crippen molar-refractivity contribution < 1.29 is 5.11 Å². The van der Waals surface area contributed by atoms with Gasteiger partial charge in [-0.25, -0.2) is 4.98 Å². The predicted octanol–water partition coefficient (Wildman–Crippen LogP) is 2.31. The third-order valence-electron chi connectivity index (χ3n) is 3.26. The summed E-state index contributed by atoms with van der Waals surface area (Å²) < 4.78 is 0. The zero-order valence-electron chi connectivity index (χ0n) is 10.8. The molecule has 0 saturated carbocycles. The van der Waals surface area contributed by atoms with E-state index >= 15 is 0 Å². The number of nitrogens with two attached hydrogens (primary N) is 1. The standard InChI is InChI=1S/C14H19N3O/c1-3-10(8-18)17-14-12-5-4-9(2)13(15)11(12)6-7-16-14/h4-7,10,18H,3,8,15H2,1-2H3,(H,16,17). The minimum absolute atomic E-state index is 0.0191. The summed E-state index contributed by atoms with van der Waals surface area (Å²) in [6, 6.07) is 5.94. The molecular formula is C14H19N3O. The van der Waals surface area contributed by atoms with Gasteiger partial charge in [0.1, 0.15) is 5.82 Å². The Kier molecular flexibility index (Phi) is 3.67. The predicted molar refractivity (Wildman–Crippen MR) is 75.7 cm³/mol. The van der Waals surface area contributed by atoms with Gasteiger partial charge >= 0.3 is 0 Å². The first kappa shape index (κ1) is 12.6. The van der Waals surface area contributed by atoms with Crippen molar-refractivity contribution in [2.24, 2.45) is 0 Å². The van der Waals surface area contributed by atoms with Crippen molar-refractivity contribution >= 4 is 22.3 Å². The first-order valence-corrected chi connectivity index (χ1v) is 6.18. The number of aromatic nitrogens is 1. The summed E-state index contributed by atoms with van der Waals surface area (Å²) in [4.78, 5) is 4.34. The molecule has 0 spiro atoms. The molecule has 0 fully saturated rings. The van der Waals surface area contributed by atoms with Crippen molar-refractivity contribution in [3.8, 4) is 0 Å². The zero-order chi connectivity index (χ0) is 13.1. The van der Waals surface area contributed by atoms with E-state index in [0.717, 1.165) is 34.3 Å². The Morgan fingerprint density at radius 3 is 2.78 bits per heavy atom. The smallest absolute Gasteiger partial charge is 0.134 e. The van der Waals surface area contributed by atoms with Gasteiger partial charge in [0.25, 0.3) is 0 Å². The molecule has 0 bridgehead atoms. The van der Waals surface area contributed by atoms with E-state index in [0.29, 0.717) is 0 Å². The number of nitrogens with one attached hydrogen (secondary N) is 1. The van der Waals surface area contributed by atoms with Gasteiger partial charge < -0.3 is 16.2 Å². The monoisotopic (exact) mass is 245 g/mol. The average Bonchev–Trinajstić information content (AvgIpc) is 2.40. The first-order chi connectivity index (χ1) is 8.67. The number of pyridine rings is 1. The molecule has 0 aliphatic heterocycles. The van der Waals surface area contributed by atoms with E-state index in [1.807, 2.05) is 32.0 Å². The van der Waals surface area contributed by atoms with Gasteiger partial charge in [0.2, 0.25) is 0 Å². The van der Waals surface area contributed by atoms with Crippen molar-refractivity contribution in [3.05, 3.63) is 30.0 Å². The molecule has 1 aromatic carbocycles. The molecule has 1 heterocycles.